The van der Waals surface area contributed by atoms with Crippen LogP contribution in [0.4, 0.5) is 0 Å². The van der Waals surface area contributed by atoms with Gasteiger partial charge in [-0.1, -0.05) is 6.07 Å². The standard InChI is InChI=1S/C25H35N5O4/c1-27-11-7-18(8-12-27)34-19-9-13-29(14-10-19)16-17-3-4-20-22(15-17)28(2)25(33)30(20)21-5-6-23(31)26-24(21)32/h3-4,15,18-19,21H,5-14,16H2,1-2H3,(H,26,31,32). The Morgan fingerprint density at radius 3 is 2.26 bits per heavy atom. The minimum Gasteiger partial charge on any atom is -0.375 e. The molecule has 2 amide bonds. The lowest BCUT2D eigenvalue weighted by Crippen LogP contribution is -2.44. The van der Waals surface area contributed by atoms with E-state index in [2.05, 4.69) is 28.2 Å². The Kier molecular flexibility index (Phi) is 6.59. The quantitative estimate of drug-likeness (QED) is 0.666. The molecule has 3 fully saturated rings. The zero-order valence-electron chi connectivity index (χ0n) is 20.2. The van der Waals surface area contributed by atoms with E-state index < -0.39 is 11.9 Å². The predicted octanol–water partition coefficient (Wildman–Crippen LogP) is 1.39. The van der Waals surface area contributed by atoms with Crippen molar-refractivity contribution in [1.29, 1.82) is 0 Å². The highest BCUT2D eigenvalue weighted by molar-refractivity contribution is 6.00. The number of aromatic nitrogens is 2. The van der Waals surface area contributed by atoms with Crippen LogP contribution in [-0.2, 0) is 27.9 Å². The van der Waals surface area contributed by atoms with Crippen LogP contribution in [0.1, 0.15) is 50.1 Å². The van der Waals surface area contributed by atoms with Gasteiger partial charge in [-0.3, -0.25) is 28.9 Å². The third-order valence-corrected chi connectivity index (χ3v) is 7.67. The number of aryl methyl sites for hydroxylation is 1. The first-order chi connectivity index (χ1) is 16.4. The van der Waals surface area contributed by atoms with Crippen LogP contribution in [0.3, 0.4) is 0 Å². The maximum Gasteiger partial charge on any atom is 0.329 e. The summed E-state index contributed by atoms with van der Waals surface area (Å²) in [6.07, 6.45) is 5.73. The van der Waals surface area contributed by atoms with E-state index >= 15 is 0 Å². The number of benzene rings is 1. The number of nitrogens with one attached hydrogen (secondary N) is 1. The van der Waals surface area contributed by atoms with E-state index in [1.807, 2.05) is 12.1 Å². The molecule has 9 heteroatoms. The molecule has 34 heavy (non-hydrogen) atoms. The SMILES string of the molecule is CN1CCC(OC2CCN(Cc3ccc4c(c3)n(C)c(=O)n4C3CCC(=O)NC3=O)CC2)CC1. The number of carbonyl (C=O) groups is 2. The van der Waals surface area contributed by atoms with Crippen molar-refractivity contribution < 1.29 is 14.3 Å². The minimum atomic E-state index is -0.650. The zero-order chi connectivity index (χ0) is 23.8. The summed E-state index contributed by atoms with van der Waals surface area (Å²) in [6.45, 7) is 5.09. The molecule has 3 saturated heterocycles. The summed E-state index contributed by atoms with van der Waals surface area (Å²) in [5.74, 6) is -0.683. The number of fused-ring (bicyclic) bond motifs is 1. The molecule has 4 heterocycles. The summed E-state index contributed by atoms with van der Waals surface area (Å²) in [5, 5.41) is 2.36. The average Bonchev–Trinajstić information content (AvgIpc) is 3.07. The van der Waals surface area contributed by atoms with Crippen molar-refractivity contribution in [3.05, 3.63) is 34.2 Å². The second-order valence-electron chi connectivity index (χ2n) is 10.1. The topological polar surface area (TPSA) is 88.8 Å². The molecule has 1 aromatic carbocycles. The second kappa shape index (κ2) is 9.64. The molecule has 3 aliphatic rings. The number of hydrogen-bond acceptors (Lipinski definition) is 6. The van der Waals surface area contributed by atoms with E-state index in [1.54, 1.807) is 11.6 Å². The summed E-state index contributed by atoms with van der Waals surface area (Å²) in [7, 11) is 3.91. The van der Waals surface area contributed by atoms with Crippen molar-refractivity contribution in [2.24, 2.45) is 7.05 Å². The van der Waals surface area contributed by atoms with E-state index in [0.29, 0.717) is 18.6 Å². The fourth-order valence-electron chi connectivity index (χ4n) is 5.59. The van der Waals surface area contributed by atoms with E-state index in [-0.39, 0.29) is 18.0 Å². The van der Waals surface area contributed by atoms with E-state index in [0.717, 1.165) is 75.0 Å². The van der Waals surface area contributed by atoms with Crippen molar-refractivity contribution in [2.45, 2.75) is 63.3 Å². The second-order valence-corrected chi connectivity index (χ2v) is 10.1. The Hall–Kier alpha value is -2.49. The number of piperidine rings is 3. The summed E-state index contributed by atoms with van der Waals surface area (Å²) in [6, 6.07) is 5.39. The predicted molar refractivity (Wildman–Crippen MR) is 129 cm³/mol. The van der Waals surface area contributed by atoms with Crippen molar-refractivity contribution in [3.63, 3.8) is 0 Å². The Bertz CT molecular complexity index is 1120. The Morgan fingerprint density at radius 1 is 0.912 bits per heavy atom. The number of carbonyl (C=O) groups excluding carboxylic acids is 2. The van der Waals surface area contributed by atoms with Crippen molar-refractivity contribution in [1.82, 2.24) is 24.3 Å². The first-order valence-corrected chi connectivity index (χ1v) is 12.5. The number of imide groups is 1. The largest absolute Gasteiger partial charge is 0.375 e. The Labute approximate surface area is 199 Å². The Balaban J connectivity index is 1.23. The van der Waals surface area contributed by atoms with Gasteiger partial charge >= 0.3 is 5.69 Å². The lowest BCUT2D eigenvalue weighted by molar-refractivity contribution is -0.135. The molecule has 0 radical (unpaired) electrons. The van der Waals surface area contributed by atoms with E-state index in [4.69, 9.17) is 4.74 Å². The van der Waals surface area contributed by atoms with Gasteiger partial charge in [0.15, 0.2) is 0 Å². The highest BCUT2D eigenvalue weighted by Crippen LogP contribution is 2.25. The van der Waals surface area contributed by atoms with Crippen molar-refractivity contribution in [3.8, 4) is 0 Å². The van der Waals surface area contributed by atoms with Gasteiger partial charge in [0.2, 0.25) is 11.8 Å². The van der Waals surface area contributed by atoms with Gasteiger partial charge in [-0.2, -0.15) is 0 Å². The van der Waals surface area contributed by atoms with Gasteiger partial charge in [-0.25, -0.2) is 4.79 Å². The number of hydrogen-bond donors (Lipinski definition) is 1. The summed E-state index contributed by atoms with van der Waals surface area (Å²) >= 11 is 0. The van der Waals surface area contributed by atoms with Crippen LogP contribution in [0.15, 0.2) is 23.0 Å². The first kappa shape index (κ1) is 23.3. The molecule has 184 valence electrons. The number of imidazole rings is 1. The highest BCUT2D eigenvalue weighted by atomic mass is 16.5. The third-order valence-electron chi connectivity index (χ3n) is 7.67. The van der Waals surface area contributed by atoms with Crippen molar-refractivity contribution >= 4 is 22.8 Å². The van der Waals surface area contributed by atoms with E-state index in [1.165, 1.54) is 4.57 Å². The van der Waals surface area contributed by atoms with Gasteiger partial charge in [-0.05, 0) is 56.8 Å². The molecule has 1 N–H and O–H groups in total. The number of amides is 2. The average molecular weight is 470 g/mol. The molecular weight excluding hydrogens is 434 g/mol. The highest BCUT2D eigenvalue weighted by Gasteiger charge is 2.31. The maximum absolute atomic E-state index is 13.0. The van der Waals surface area contributed by atoms with Crippen LogP contribution in [-0.4, -0.2) is 76.2 Å². The molecule has 9 nitrogen and oxygen atoms in total. The fourth-order valence-corrected chi connectivity index (χ4v) is 5.59. The number of ether oxygens (including phenoxy) is 1. The van der Waals surface area contributed by atoms with E-state index in [9.17, 15) is 14.4 Å². The first-order valence-electron chi connectivity index (χ1n) is 12.5. The van der Waals surface area contributed by atoms with Gasteiger partial charge < -0.3 is 9.64 Å². The zero-order valence-corrected chi connectivity index (χ0v) is 20.2. The lowest BCUT2D eigenvalue weighted by Gasteiger charge is -2.36. The van der Waals surface area contributed by atoms with Crippen LogP contribution in [0.2, 0.25) is 0 Å². The Morgan fingerprint density at radius 2 is 1.59 bits per heavy atom. The third kappa shape index (κ3) is 4.69. The van der Waals surface area contributed by atoms with Crippen LogP contribution in [0.5, 0.6) is 0 Å². The maximum atomic E-state index is 13.0. The van der Waals surface area contributed by atoms with Crippen molar-refractivity contribution in [2.75, 3.05) is 33.2 Å². The lowest BCUT2D eigenvalue weighted by atomic mass is 10.0. The molecule has 5 rings (SSSR count). The van der Waals surface area contributed by atoms with Gasteiger partial charge in [0.1, 0.15) is 6.04 Å². The van der Waals surface area contributed by atoms with Gasteiger partial charge in [0.05, 0.1) is 23.2 Å². The van der Waals surface area contributed by atoms with Crippen LogP contribution in [0, 0.1) is 0 Å². The van der Waals surface area contributed by atoms with Crippen LogP contribution >= 0.6 is 0 Å². The summed E-state index contributed by atoms with van der Waals surface area (Å²) in [5.41, 5.74) is 2.47. The van der Waals surface area contributed by atoms with Gasteiger partial charge in [-0.15, -0.1) is 0 Å². The number of rotatable bonds is 5. The van der Waals surface area contributed by atoms with Crippen LogP contribution in [0.25, 0.3) is 11.0 Å². The van der Waals surface area contributed by atoms with Gasteiger partial charge in [0.25, 0.3) is 0 Å². The summed E-state index contributed by atoms with van der Waals surface area (Å²) < 4.78 is 9.53. The number of likely N-dealkylation sites (tertiary alicyclic amines) is 2. The monoisotopic (exact) mass is 469 g/mol. The molecule has 0 bridgehead atoms. The minimum absolute atomic E-state index is 0.228. The van der Waals surface area contributed by atoms with Crippen LogP contribution < -0.4 is 11.0 Å². The summed E-state index contributed by atoms with van der Waals surface area (Å²) in [4.78, 5) is 41.7. The van der Waals surface area contributed by atoms with Gasteiger partial charge in [0, 0.05) is 46.2 Å². The number of nitrogens with zero attached hydrogens (tertiary/aromatic N) is 4. The molecule has 3 aliphatic heterocycles. The molecule has 1 atom stereocenters. The fraction of sp³-hybridized carbons (Fsp3) is 0.640. The molecule has 0 saturated carbocycles. The smallest absolute Gasteiger partial charge is 0.329 e. The molecule has 1 unspecified atom stereocenters. The molecule has 2 aromatic rings. The molecule has 0 aliphatic carbocycles. The molecule has 0 spiro atoms. The molecular formula is C25H35N5O4. The normalized spacial score (nSPS) is 24.1. The molecule has 1 aromatic heterocycles.